The second kappa shape index (κ2) is 10.3. The number of hydrogen-bond acceptors (Lipinski definition) is 3. The van der Waals surface area contributed by atoms with Crippen molar-refractivity contribution >= 4 is 11.8 Å². The van der Waals surface area contributed by atoms with Crippen LogP contribution in [0.3, 0.4) is 0 Å². The summed E-state index contributed by atoms with van der Waals surface area (Å²) in [6.45, 7) is 12.8. The van der Waals surface area contributed by atoms with E-state index < -0.39 is 6.04 Å². The summed E-state index contributed by atoms with van der Waals surface area (Å²) < 4.78 is 5.75. The first-order chi connectivity index (χ1) is 14.1. The van der Waals surface area contributed by atoms with E-state index in [1.165, 1.54) is 5.56 Å². The lowest BCUT2D eigenvalue weighted by Gasteiger charge is -2.29. The maximum Gasteiger partial charge on any atom is 0.261 e. The van der Waals surface area contributed by atoms with Gasteiger partial charge in [0, 0.05) is 13.1 Å². The number of nitrogens with zero attached hydrogens (tertiary/aromatic N) is 1. The number of carbonyl (C=O) groups excluding carboxylic acids is 2. The summed E-state index contributed by atoms with van der Waals surface area (Å²) in [4.78, 5) is 27.0. The van der Waals surface area contributed by atoms with Crippen LogP contribution in [0.5, 0.6) is 5.75 Å². The molecule has 30 heavy (non-hydrogen) atoms. The maximum atomic E-state index is 13.0. The number of hydrogen-bond donors (Lipinski definition) is 1. The Hall–Kier alpha value is -2.82. The Balaban J connectivity index is 2.13. The van der Waals surface area contributed by atoms with Crippen molar-refractivity contribution in [2.24, 2.45) is 0 Å². The van der Waals surface area contributed by atoms with Crippen LogP contribution in [0.25, 0.3) is 0 Å². The Labute approximate surface area is 180 Å². The van der Waals surface area contributed by atoms with Crippen molar-refractivity contribution < 1.29 is 14.3 Å². The molecule has 2 amide bonds. The summed E-state index contributed by atoms with van der Waals surface area (Å²) >= 11 is 0. The van der Waals surface area contributed by atoms with Crippen LogP contribution >= 0.6 is 0 Å². The topological polar surface area (TPSA) is 58.6 Å². The first-order valence-electron chi connectivity index (χ1n) is 10.5. The van der Waals surface area contributed by atoms with Crippen molar-refractivity contribution in [2.45, 2.75) is 59.5 Å². The minimum Gasteiger partial charge on any atom is -0.484 e. The van der Waals surface area contributed by atoms with Gasteiger partial charge in [0.05, 0.1) is 0 Å². The molecule has 0 saturated heterocycles. The molecule has 0 fully saturated rings. The van der Waals surface area contributed by atoms with Gasteiger partial charge in [-0.1, -0.05) is 57.2 Å². The normalized spacial score (nSPS) is 12.2. The fourth-order valence-electron chi connectivity index (χ4n) is 3.15. The molecule has 0 bridgehead atoms. The molecule has 1 N–H and O–H groups in total. The monoisotopic (exact) mass is 410 g/mol. The van der Waals surface area contributed by atoms with E-state index in [1.807, 2.05) is 62.4 Å². The highest BCUT2D eigenvalue weighted by Crippen LogP contribution is 2.24. The summed E-state index contributed by atoms with van der Waals surface area (Å²) in [7, 11) is 0. The quantitative estimate of drug-likeness (QED) is 0.709. The summed E-state index contributed by atoms with van der Waals surface area (Å²) in [5, 5.41) is 2.80. The average Bonchev–Trinajstić information content (AvgIpc) is 2.70. The van der Waals surface area contributed by atoms with Crippen molar-refractivity contribution in [3.05, 3.63) is 65.2 Å². The molecule has 0 spiro atoms. The summed E-state index contributed by atoms with van der Waals surface area (Å²) in [5.74, 6) is 0.240. The van der Waals surface area contributed by atoms with Crippen LogP contribution in [0.4, 0.5) is 0 Å². The molecule has 0 aliphatic heterocycles. The molecule has 5 heteroatoms. The number of ether oxygens (including phenoxy) is 1. The minimum atomic E-state index is -0.594. The lowest BCUT2D eigenvalue weighted by Crippen LogP contribution is -2.49. The first kappa shape index (κ1) is 23.5. The number of rotatable bonds is 8. The van der Waals surface area contributed by atoms with Gasteiger partial charge in [0.1, 0.15) is 11.8 Å². The lowest BCUT2D eigenvalue weighted by molar-refractivity contribution is -0.142. The number of carbonyl (C=O) groups is 2. The molecule has 0 heterocycles. The van der Waals surface area contributed by atoms with Gasteiger partial charge in [-0.25, -0.2) is 0 Å². The Morgan fingerprint density at radius 2 is 1.70 bits per heavy atom. The third-order valence-electron chi connectivity index (χ3n) is 5.20. The number of aryl methyl sites for hydroxylation is 1. The Morgan fingerprint density at radius 3 is 2.27 bits per heavy atom. The molecule has 0 saturated carbocycles. The molecule has 2 aromatic carbocycles. The molecule has 0 unspecified atom stereocenters. The fourth-order valence-corrected chi connectivity index (χ4v) is 3.15. The van der Waals surface area contributed by atoms with Gasteiger partial charge < -0.3 is 15.0 Å². The SMILES string of the molecule is CCNC(=O)[C@H](C)N(Cc1ccccc1C)C(=O)COc1ccc(C(C)(C)C)cc1. The van der Waals surface area contributed by atoms with Crippen molar-refractivity contribution in [2.75, 3.05) is 13.2 Å². The van der Waals surface area contributed by atoms with Crippen LogP contribution in [0, 0.1) is 6.92 Å². The smallest absolute Gasteiger partial charge is 0.261 e. The van der Waals surface area contributed by atoms with E-state index in [9.17, 15) is 9.59 Å². The molecule has 2 rings (SSSR count). The van der Waals surface area contributed by atoms with Gasteiger partial charge in [-0.2, -0.15) is 0 Å². The number of nitrogens with one attached hydrogen (secondary N) is 1. The molecule has 0 aliphatic carbocycles. The van der Waals surface area contributed by atoms with Crippen LogP contribution in [0.1, 0.15) is 51.3 Å². The molecule has 0 aliphatic rings. The van der Waals surface area contributed by atoms with Crippen molar-refractivity contribution in [1.29, 1.82) is 0 Å². The average molecular weight is 411 g/mol. The molecule has 162 valence electrons. The van der Waals surface area contributed by atoms with E-state index >= 15 is 0 Å². The van der Waals surface area contributed by atoms with Gasteiger partial charge in [0.2, 0.25) is 5.91 Å². The third-order valence-corrected chi connectivity index (χ3v) is 5.20. The zero-order chi connectivity index (χ0) is 22.3. The zero-order valence-corrected chi connectivity index (χ0v) is 19.0. The predicted octanol–water partition coefficient (Wildman–Crippen LogP) is 4.22. The van der Waals surface area contributed by atoms with Crippen LogP contribution in [0.2, 0.25) is 0 Å². The summed E-state index contributed by atoms with van der Waals surface area (Å²) in [6.07, 6.45) is 0. The second-order valence-corrected chi connectivity index (χ2v) is 8.58. The van der Waals surface area contributed by atoms with Crippen molar-refractivity contribution in [1.82, 2.24) is 10.2 Å². The van der Waals surface area contributed by atoms with E-state index in [0.29, 0.717) is 18.8 Å². The predicted molar refractivity (Wildman–Crippen MR) is 121 cm³/mol. The molecule has 0 radical (unpaired) electrons. The number of amides is 2. The van der Waals surface area contributed by atoms with E-state index in [2.05, 4.69) is 26.1 Å². The maximum absolute atomic E-state index is 13.0. The van der Waals surface area contributed by atoms with Gasteiger partial charge in [0.15, 0.2) is 6.61 Å². The Morgan fingerprint density at radius 1 is 1.07 bits per heavy atom. The van der Waals surface area contributed by atoms with E-state index in [4.69, 9.17) is 4.74 Å². The molecule has 1 atom stereocenters. The van der Waals surface area contributed by atoms with Crippen LogP contribution in [0.15, 0.2) is 48.5 Å². The van der Waals surface area contributed by atoms with Gasteiger partial charge in [-0.05, 0) is 55.0 Å². The molecular weight excluding hydrogens is 376 g/mol. The third kappa shape index (κ3) is 6.34. The molecular formula is C25H34N2O3. The van der Waals surface area contributed by atoms with Crippen LogP contribution in [-0.4, -0.2) is 35.9 Å². The molecule has 2 aromatic rings. The zero-order valence-electron chi connectivity index (χ0n) is 19.0. The first-order valence-corrected chi connectivity index (χ1v) is 10.5. The molecule has 0 aromatic heterocycles. The van der Waals surface area contributed by atoms with E-state index in [-0.39, 0.29) is 23.8 Å². The van der Waals surface area contributed by atoms with Crippen molar-refractivity contribution in [3.63, 3.8) is 0 Å². The van der Waals surface area contributed by atoms with Gasteiger partial charge in [0.25, 0.3) is 5.91 Å². The summed E-state index contributed by atoms with van der Waals surface area (Å²) in [5.41, 5.74) is 3.35. The Kier molecular flexibility index (Phi) is 8.04. The summed E-state index contributed by atoms with van der Waals surface area (Å²) in [6, 6.07) is 15.1. The highest BCUT2D eigenvalue weighted by atomic mass is 16.5. The fraction of sp³-hybridized carbons (Fsp3) is 0.440. The minimum absolute atomic E-state index is 0.0563. The number of likely N-dealkylation sites (N-methyl/N-ethyl adjacent to an activating group) is 1. The van der Waals surface area contributed by atoms with Gasteiger partial charge in [-0.15, -0.1) is 0 Å². The Bertz CT molecular complexity index is 853. The highest BCUT2D eigenvalue weighted by Gasteiger charge is 2.26. The van der Waals surface area contributed by atoms with E-state index in [0.717, 1.165) is 11.1 Å². The van der Waals surface area contributed by atoms with Crippen LogP contribution in [-0.2, 0) is 21.5 Å². The highest BCUT2D eigenvalue weighted by molar-refractivity contribution is 5.87. The number of benzene rings is 2. The van der Waals surface area contributed by atoms with Gasteiger partial charge in [-0.3, -0.25) is 9.59 Å². The van der Waals surface area contributed by atoms with Crippen molar-refractivity contribution in [3.8, 4) is 5.75 Å². The largest absolute Gasteiger partial charge is 0.484 e. The second-order valence-electron chi connectivity index (χ2n) is 8.58. The standard InChI is InChI=1S/C25H34N2O3/c1-7-26-24(29)19(3)27(16-20-11-9-8-10-18(20)2)23(28)17-30-22-14-12-21(13-15-22)25(4,5)6/h8-15,19H,7,16-17H2,1-6H3,(H,26,29)/t19-/m0/s1. The van der Waals surface area contributed by atoms with E-state index in [1.54, 1.807) is 11.8 Å². The molecule has 5 nitrogen and oxygen atoms in total. The lowest BCUT2D eigenvalue weighted by atomic mass is 9.87. The van der Waals surface area contributed by atoms with Crippen LogP contribution < -0.4 is 10.1 Å². The van der Waals surface area contributed by atoms with Gasteiger partial charge >= 0.3 is 0 Å².